The second-order valence-corrected chi connectivity index (χ2v) is 6.28. The van der Waals surface area contributed by atoms with Crippen molar-refractivity contribution in [1.29, 1.82) is 5.26 Å². The minimum absolute atomic E-state index is 0.584. The Kier molecular flexibility index (Phi) is 3.93. The summed E-state index contributed by atoms with van der Waals surface area (Å²) in [6, 6.07) is 10.2. The van der Waals surface area contributed by atoms with E-state index in [0.717, 1.165) is 40.8 Å². The van der Waals surface area contributed by atoms with Gasteiger partial charge in [0.1, 0.15) is 11.9 Å². The molecule has 0 aliphatic carbocycles. The Morgan fingerprint density at radius 2 is 2.09 bits per heavy atom. The maximum absolute atomic E-state index is 9.65. The Hall–Kier alpha value is -2.58. The molecule has 0 unspecified atom stereocenters. The first-order valence-corrected chi connectivity index (χ1v) is 7.87. The summed E-state index contributed by atoms with van der Waals surface area (Å²) in [7, 11) is 0. The van der Waals surface area contributed by atoms with E-state index in [1.807, 2.05) is 35.6 Å². The van der Waals surface area contributed by atoms with Gasteiger partial charge in [0.05, 0.1) is 16.6 Å². The van der Waals surface area contributed by atoms with E-state index in [1.165, 1.54) is 0 Å². The van der Waals surface area contributed by atoms with Gasteiger partial charge in [0, 0.05) is 0 Å². The van der Waals surface area contributed by atoms with E-state index >= 15 is 0 Å². The van der Waals surface area contributed by atoms with Crippen molar-refractivity contribution in [3.63, 3.8) is 0 Å². The Balaban J connectivity index is 2.41. The molecule has 0 aliphatic rings. The number of benzene rings is 1. The number of pyridine rings is 1. The zero-order valence-electron chi connectivity index (χ0n) is 13.7. The van der Waals surface area contributed by atoms with Gasteiger partial charge in [-0.2, -0.15) is 5.26 Å². The molecule has 0 bridgehead atoms. The first-order valence-electron chi connectivity index (χ1n) is 7.87. The van der Waals surface area contributed by atoms with Crippen LogP contribution in [0.25, 0.3) is 16.7 Å². The van der Waals surface area contributed by atoms with Crippen LogP contribution in [-0.4, -0.2) is 9.38 Å². The van der Waals surface area contributed by atoms with Gasteiger partial charge in [-0.05, 0) is 48.9 Å². The van der Waals surface area contributed by atoms with Gasteiger partial charge in [0.25, 0.3) is 0 Å². The second kappa shape index (κ2) is 5.90. The second-order valence-electron chi connectivity index (χ2n) is 6.28. The number of fused-ring (bicyclic) bond motifs is 3. The van der Waals surface area contributed by atoms with Crippen molar-refractivity contribution in [3.05, 3.63) is 41.0 Å². The predicted molar refractivity (Wildman–Crippen MR) is 93.1 cm³/mol. The normalized spacial score (nSPS) is 11.3. The van der Waals surface area contributed by atoms with Crippen LogP contribution in [-0.2, 0) is 6.42 Å². The summed E-state index contributed by atoms with van der Waals surface area (Å²) in [4.78, 5) is 4.64. The number of aromatic nitrogens is 2. The summed E-state index contributed by atoms with van der Waals surface area (Å²) < 4.78 is 1.97. The van der Waals surface area contributed by atoms with Crippen molar-refractivity contribution >= 4 is 22.5 Å². The Bertz CT molecular complexity index is 915. The zero-order valence-corrected chi connectivity index (χ0v) is 13.7. The molecule has 3 aromatic rings. The van der Waals surface area contributed by atoms with Crippen molar-refractivity contribution in [2.24, 2.45) is 11.8 Å². The molecular formula is C18H21N5. The smallest absolute Gasteiger partial charge is 0.157 e. The number of nitrogens with one attached hydrogen (secondary N) is 1. The van der Waals surface area contributed by atoms with Crippen LogP contribution in [0.4, 0.5) is 5.82 Å². The van der Waals surface area contributed by atoms with Crippen molar-refractivity contribution in [1.82, 2.24) is 9.38 Å². The lowest BCUT2D eigenvalue weighted by Gasteiger charge is -2.17. The lowest BCUT2D eigenvalue weighted by molar-refractivity contribution is 0.585. The molecule has 0 fully saturated rings. The summed E-state index contributed by atoms with van der Waals surface area (Å²) in [6.45, 7) is 6.37. The Morgan fingerprint density at radius 3 is 2.74 bits per heavy atom. The highest BCUT2D eigenvalue weighted by atomic mass is 15.3. The van der Waals surface area contributed by atoms with Crippen molar-refractivity contribution in [2.75, 3.05) is 5.43 Å². The van der Waals surface area contributed by atoms with E-state index in [4.69, 9.17) is 5.84 Å². The molecule has 23 heavy (non-hydrogen) atoms. The minimum atomic E-state index is 0.584. The fourth-order valence-corrected chi connectivity index (χ4v) is 3.08. The van der Waals surface area contributed by atoms with Gasteiger partial charge in [-0.1, -0.05) is 26.0 Å². The third kappa shape index (κ3) is 2.41. The van der Waals surface area contributed by atoms with Crippen LogP contribution in [0.3, 0.4) is 0 Å². The highest BCUT2D eigenvalue weighted by Gasteiger charge is 2.20. The van der Waals surface area contributed by atoms with Crippen LogP contribution in [0.2, 0.25) is 0 Å². The number of hydrazine groups is 1. The van der Waals surface area contributed by atoms with Gasteiger partial charge < -0.3 is 5.43 Å². The van der Waals surface area contributed by atoms with Crippen LogP contribution in [0.1, 0.15) is 37.0 Å². The molecule has 0 spiro atoms. The molecule has 0 saturated carbocycles. The number of nitriles is 1. The highest BCUT2D eigenvalue weighted by Crippen LogP contribution is 2.31. The Morgan fingerprint density at radius 1 is 1.35 bits per heavy atom. The maximum Gasteiger partial charge on any atom is 0.157 e. The number of hydrogen-bond acceptors (Lipinski definition) is 4. The van der Waals surface area contributed by atoms with Gasteiger partial charge in [-0.25, -0.2) is 10.8 Å². The number of rotatable bonds is 4. The fourth-order valence-electron chi connectivity index (χ4n) is 3.08. The predicted octanol–water partition coefficient (Wildman–Crippen LogP) is 3.54. The lowest BCUT2D eigenvalue weighted by atomic mass is 9.97. The quantitative estimate of drug-likeness (QED) is 0.571. The fraction of sp³-hybridized carbons (Fsp3) is 0.333. The molecule has 2 heterocycles. The molecular weight excluding hydrogens is 286 g/mol. The summed E-state index contributed by atoms with van der Waals surface area (Å²) in [5.74, 6) is 7.26. The lowest BCUT2D eigenvalue weighted by Crippen LogP contribution is -2.16. The number of imidazole rings is 1. The third-order valence-electron chi connectivity index (χ3n) is 4.34. The van der Waals surface area contributed by atoms with Gasteiger partial charge in [0.2, 0.25) is 0 Å². The average Bonchev–Trinajstić information content (AvgIpc) is 2.91. The van der Waals surface area contributed by atoms with E-state index in [1.54, 1.807) is 0 Å². The molecule has 0 saturated heterocycles. The van der Waals surface area contributed by atoms with Gasteiger partial charge in [-0.15, -0.1) is 0 Å². The number of hydrogen-bond donors (Lipinski definition) is 2. The van der Waals surface area contributed by atoms with Crippen LogP contribution >= 0.6 is 0 Å². The molecule has 2 aromatic heterocycles. The molecule has 3 N–H and O–H groups in total. The van der Waals surface area contributed by atoms with E-state index in [0.29, 0.717) is 17.1 Å². The first-order chi connectivity index (χ1) is 11.1. The zero-order chi connectivity index (χ0) is 16.6. The van der Waals surface area contributed by atoms with Crippen molar-refractivity contribution in [2.45, 2.75) is 33.6 Å². The monoisotopic (exact) mass is 307 g/mol. The summed E-state index contributed by atoms with van der Waals surface area (Å²) >= 11 is 0. The van der Waals surface area contributed by atoms with E-state index in [9.17, 15) is 5.26 Å². The number of nitrogen functional groups attached to an aromatic ring is 1. The van der Waals surface area contributed by atoms with Crippen LogP contribution in [0.5, 0.6) is 0 Å². The van der Waals surface area contributed by atoms with Crippen molar-refractivity contribution < 1.29 is 0 Å². The average molecular weight is 307 g/mol. The van der Waals surface area contributed by atoms with Gasteiger partial charge in [-0.3, -0.25) is 4.40 Å². The molecule has 1 aromatic carbocycles. The van der Waals surface area contributed by atoms with E-state index in [-0.39, 0.29) is 0 Å². The molecule has 0 amide bonds. The summed E-state index contributed by atoms with van der Waals surface area (Å²) in [5.41, 5.74) is 8.00. The molecule has 0 atom stereocenters. The van der Waals surface area contributed by atoms with Crippen LogP contribution < -0.4 is 11.3 Å². The molecule has 5 nitrogen and oxygen atoms in total. The standard InChI is InChI=1S/C18H21N5/c1-11(2)8-9-13-12(3)14(10-19)17-21-15-6-4-5-7-16(15)23(17)18(13)22-20/h4-7,11,22H,8-9,20H2,1-3H3. The number of anilines is 1. The molecule has 118 valence electrons. The highest BCUT2D eigenvalue weighted by molar-refractivity contribution is 5.86. The number of para-hydroxylation sites is 2. The SMILES string of the molecule is Cc1c(CCC(C)C)c(NN)n2c(nc3ccccc32)c1C#N. The van der Waals surface area contributed by atoms with Crippen LogP contribution in [0, 0.1) is 24.2 Å². The van der Waals surface area contributed by atoms with Gasteiger partial charge in [0.15, 0.2) is 5.65 Å². The van der Waals surface area contributed by atoms with Gasteiger partial charge >= 0.3 is 0 Å². The minimum Gasteiger partial charge on any atom is -0.309 e. The summed E-state index contributed by atoms with van der Waals surface area (Å²) in [6.07, 6.45) is 1.92. The third-order valence-corrected chi connectivity index (χ3v) is 4.34. The number of nitrogens with zero attached hydrogens (tertiary/aromatic N) is 3. The van der Waals surface area contributed by atoms with E-state index < -0.39 is 0 Å². The van der Waals surface area contributed by atoms with Crippen LogP contribution in [0.15, 0.2) is 24.3 Å². The van der Waals surface area contributed by atoms with E-state index in [2.05, 4.69) is 30.3 Å². The molecule has 5 heteroatoms. The maximum atomic E-state index is 9.65. The topological polar surface area (TPSA) is 79.1 Å². The first kappa shape index (κ1) is 15.3. The Labute approximate surface area is 135 Å². The molecule has 0 radical (unpaired) electrons. The largest absolute Gasteiger partial charge is 0.309 e. The number of nitrogens with two attached hydrogens (primary N) is 1. The molecule has 0 aliphatic heterocycles. The summed E-state index contributed by atoms with van der Waals surface area (Å²) in [5, 5.41) is 9.65. The molecule has 3 rings (SSSR count). The van der Waals surface area contributed by atoms with Crippen molar-refractivity contribution in [3.8, 4) is 6.07 Å².